The number of nitrogens with one attached hydrogen (secondary N) is 1. The molecule has 4 aromatic rings. The van der Waals surface area contributed by atoms with Crippen LogP contribution in [-0.2, 0) is 25.0 Å². The molecule has 206 valence electrons. The van der Waals surface area contributed by atoms with E-state index in [0.29, 0.717) is 48.7 Å². The molecule has 9 heteroatoms. The van der Waals surface area contributed by atoms with Crippen LogP contribution in [0.25, 0.3) is 11.2 Å². The molecule has 1 N–H and O–H groups in total. The van der Waals surface area contributed by atoms with E-state index in [1.165, 1.54) is 21.8 Å². The first kappa shape index (κ1) is 26.9. The van der Waals surface area contributed by atoms with Crippen molar-refractivity contribution in [3.05, 3.63) is 91.9 Å². The number of aromatic amines is 1. The second kappa shape index (κ2) is 10.8. The maximum atomic E-state index is 14.7. The summed E-state index contributed by atoms with van der Waals surface area (Å²) < 4.78 is 17.9. The Morgan fingerprint density at radius 1 is 0.923 bits per heavy atom. The van der Waals surface area contributed by atoms with E-state index in [2.05, 4.69) is 59.8 Å². The van der Waals surface area contributed by atoms with Crippen LogP contribution >= 0.6 is 0 Å². The Morgan fingerprint density at radius 2 is 1.62 bits per heavy atom. The fraction of sp³-hybridized carbons (Fsp3) is 0.433. The van der Waals surface area contributed by atoms with Gasteiger partial charge in [0.15, 0.2) is 11.2 Å². The zero-order valence-electron chi connectivity index (χ0n) is 23.2. The van der Waals surface area contributed by atoms with Gasteiger partial charge < -0.3 is 4.90 Å². The third kappa shape index (κ3) is 5.54. The first-order chi connectivity index (χ1) is 18.7. The monoisotopic (exact) mass is 532 g/mol. The highest BCUT2D eigenvalue weighted by atomic mass is 19.1. The summed E-state index contributed by atoms with van der Waals surface area (Å²) in [6.45, 7) is 13.1. The van der Waals surface area contributed by atoms with E-state index in [0.717, 1.165) is 19.6 Å². The Hall–Kier alpha value is -3.72. The first-order valence-corrected chi connectivity index (χ1v) is 13.7. The summed E-state index contributed by atoms with van der Waals surface area (Å²) in [5.41, 5.74) is 2.85. The number of benzene rings is 2. The number of aromatic nitrogens is 4. The number of nitrogens with zero attached hydrogens (tertiary/aromatic N) is 5. The van der Waals surface area contributed by atoms with Gasteiger partial charge in [0.05, 0.1) is 6.54 Å². The van der Waals surface area contributed by atoms with Crippen LogP contribution in [-0.4, -0.2) is 50.2 Å². The highest BCUT2D eigenvalue weighted by molar-refractivity contribution is 5.74. The van der Waals surface area contributed by atoms with Crippen LogP contribution in [0.3, 0.4) is 0 Å². The van der Waals surface area contributed by atoms with Crippen molar-refractivity contribution < 1.29 is 4.39 Å². The summed E-state index contributed by atoms with van der Waals surface area (Å²) >= 11 is 0. The van der Waals surface area contributed by atoms with Gasteiger partial charge in [-0.05, 0) is 29.0 Å². The number of piperazine rings is 1. The van der Waals surface area contributed by atoms with Crippen LogP contribution in [0.4, 0.5) is 10.3 Å². The molecular formula is C30H37FN6O2. The van der Waals surface area contributed by atoms with E-state index in [4.69, 9.17) is 4.98 Å². The summed E-state index contributed by atoms with van der Waals surface area (Å²) in [5.74, 6) is 0.245. The third-order valence-electron chi connectivity index (χ3n) is 7.48. The lowest BCUT2D eigenvalue weighted by Crippen LogP contribution is -2.47. The van der Waals surface area contributed by atoms with Crippen molar-refractivity contribution in [2.45, 2.75) is 59.2 Å². The van der Waals surface area contributed by atoms with Crippen LogP contribution in [0.2, 0.25) is 0 Å². The van der Waals surface area contributed by atoms with Crippen LogP contribution in [0.5, 0.6) is 0 Å². The van der Waals surface area contributed by atoms with Crippen molar-refractivity contribution in [1.82, 2.24) is 24.0 Å². The number of H-pyrrole nitrogens is 1. The van der Waals surface area contributed by atoms with E-state index in [1.807, 2.05) is 6.92 Å². The molecule has 5 rings (SSSR count). The average molecular weight is 533 g/mol. The van der Waals surface area contributed by atoms with Gasteiger partial charge in [0.2, 0.25) is 5.95 Å². The smallest absolute Gasteiger partial charge is 0.330 e. The fourth-order valence-electron chi connectivity index (χ4n) is 5.25. The molecule has 0 spiro atoms. The Bertz CT molecular complexity index is 1570. The van der Waals surface area contributed by atoms with Crippen molar-refractivity contribution in [1.29, 1.82) is 0 Å². The predicted molar refractivity (Wildman–Crippen MR) is 153 cm³/mol. The highest BCUT2D eigenvalue weighted by Gasteiger charge is 2.26. The van der Waals surface area contributed by atoms with Gasteiger partial charge in [-0.2, -0.15) is 4.98 Å². The number of rotatable bonds is 7. The quantitative estimate of drug-likeness (QED) is 0.388. The van der Waals surface area contributed by atoms with E-state index in [1.54, 1.807) is 22.8 Å². The van der Waals surface area contributed by atoms with Gasteiger partial charge in [0.25, 0.3) is 5.56 Å². The summed E-state index contributed by atoms with van der Waals surface area (Å²) in [6.07, 6.45) is 0.714. The van der Waals surface area contributed by atoms with Crippen molar-refractivity contribution in [3.8, 4) is 0 Å². The van der Waals surface area contributed by atoms with E-state index in [-0.39, 0.29) is 17.8 Å². The number of aryl methyl sites for hydroxylation is 1. The number of halogens is 1. The molecule has 1 aliphatic heterocycles. The summed E-state index contributed by atoms with van der Waals surface area (Å²) in [5, 5.41) is 0. The van der Waals surface area contributed by atoms with Crippen LogP contribution in [0, 0.1) is 5.82 Å². The molecule has 1 aliphatic rings. The topological polar surface area (TPSA) is 79.2 Å². The van der Waals surface area contributed by atoms with E-state index >= 15 is 0 Å². The zero-order chi connectivity index (χ0) is 27.7. The van der Waals surface area contributed by atoms with Crippen molar-refractivity contribution in [2.24, 2.45) is 0 Å². The van der Waals surface area contributed by atoms with Gasteiger partial charge in [0.1, 0.15) is 5.82 Å². The normalized spacial score (nSPS) is 14.8. The van der Waals surface area contributed by atoms with Gasteiger partial charge in [0, 0.05) is 44.8 Å². The maximum Gasteiger partial charge on any atom is 0.330 e. The van der Waals surface area contributed by atoms with Gasteiger partial charge in [-0.25, -0.2) is 9.18 Å². The van der Waals surface area contributed by atoms with Crippen LogP contribution < -0.4 is 16.1 Å². The Morgan fingerprint density at radius 3 is 2.26 bits per heavy atom. The second-order valence-corrected chi connectivity index (χ2v) is 11.4. The molecule has 0 radical (unpaired) electrons. The van der Waals surface area contributed by atoms with E-state index < -0.39 is 11.2 Å². The van der Waals surface area contributed by atoms with Gasteiger partial charge in [-0.1, -0.05) is 70.2 Å². The minimum Gasteiger partial charge on any atom is -0.340 e. The molecule has 0 aliphatic carbocycles. The molecule has 2 aromatic heterocycles. The molecule has 0 saturated carbocycles. The van der Waals surface area contributed by atoms with Crippen LogP contribution in [0.1, 0.15) is 50.8 Å². The predicted octanol–water partition coefficient (Wildman–Crippen LogP) is 4.10. The molecule has 3 heterocycles. The summed E-state index contributed by atoms with van der Waals surface area (Å²) in [6, 6.07) is 15.4. The van der Waals surface area contributed by atoms with Gasteiger partial charge in [-0.15, -0.1) is 0 Å². The number of fused-ring (bicyclic) bond motifs is 1. The minimum absolute atomic E-state index is 0.127. The van der Waals surface area contributed by atoms with Gasteiger partial charge in [-0.3, -0.25) is 23.8 Å². The van der Waals surface area contributed by atoms with Crippen molar-refractivity contribution >= 4 is 17.1 Å². The average Bonchev–Trinajstić information content (AvgIpc) is 3.27. The van der Waals surface area contributed by atoms with Crippen molar-refractivity contribution in [3.63, 3.8) is 0 Å². The summed E-state index contributed by atoms with van der Waals surface area (Å²) in [7, 11) is 0. The number of hydrogen-bond acceptors (Lipinski definition) is 5. The molecular weight excluding hydrogens is 495 g/mol. The molecule has 0 unspecified atom stereocenters. The highest BCUT2D eigenvalue weighted by Crippen LogP contribution is 2.25. The Kier molecular flexibility index (Phi) is 7.44. The summed E-state index contributed by atoms with van der Waals surface area (Å²) in [4.78, 5) is 37.5. The first-order valence-electron chi connectivity index (χ1n) is 13.7. The Labute approximate surface area is 227 Å². The fourth-order valence-corrected chi connectivity index (χ4v) is 5.25. The number of imidazole rings is 1. The number of hydrogen-bond donors (Lipinski definition) is 1. The van der Waals surface area contributed by atoms with Crippen LogP contribution in [0.15, 0.2) is 58.1 Å². The van der Waals surface area contributed by atoms with Crippen molar-refractivity contribution in [2.75, 3.05) is 31.1 Å². The molecule has 0 amide bonds. The maximum absolute atomic E-state index is 14.7. The molecule has 1 fully saturated rings. The molecule has 0 atom stereocenters. The van der Waals surface area contributed by atoms with E-state index in [9.17, 15) is 14.0 Å². The largest absolute Gasteiger partial charge is 0.340 e. The lowest BCUT2D eigenvalue weighted by molar-refractivity contribution is 0.248. The Balaban J connectivity index is 1.44. The third-order valence-corrected chi connectivity index (χ3v) is 7.48. The lowest BCUT2D eigenvalue weighted by atomic mass is 9.87. The number of anilines is 1. The van der Waals surface area contributed by atoms with Gasteiger partial charge >= 0.3 is 5.69 Å². The standard InChI is InChI=1S/C30H37FN6O2/c1-5-14-36-26-25(27(38)33-29(36)39)37(20-22-8-6-7-9-24(22)31)28(32-26)35-17-15-34(16-18-35)19-21-10-12-23(13-11-21)30(2,3)4/h6-13H,5,14-20H2,1-4H3,(H,33,38,39). The zero-order valence-corrected chi connectivity index (χ0v) is 23.2. The molecule has 8 nitrogen and oxygen atoms in total. The molecule has 0 bridgehead atoms. The molecule has 39 heavy (non-hydrogen) atoms. The molecule has 1 saturated heterocycles. The molecule has 2 aromatic carbocycles. The second-order valence-electron chi connectivity index (χ2n) is 11.4. The lowest BCUT2D eigenvalue weighted by Gasteiger charge is -2.35. The SMILES string of the molecule is CCCn1c(=O)[nH]c(=O)c2c1nc(N1CCN(Cc3ccc(C(C)(C)C)cc3)CC1)n2Cc1ccccc1F. The minimum atomic E-state index is -0.505.